The summed E-state index contributed by atoms with van der Waals surface area (Å²) in [6.45, 7) is 90.2. The van der Waals surface area contributed by atoms with Crippen LogP contribution in [0.3, 0.4) is 0 Å². The number of hydrogen-bond donors (Lipinski definition) is 0. The molecule has 10 rings (SSSR count). The molecule has 0 heteroatoms. The third-order valence-electron chi connectivity index (χ3n) is 21.2. The summed E-state index contributed by atoms with van der Waals surface area (Å²) in [5.74, 6) is 0. The molecule has 608 valence electrons. The Labute approximate surface area is 690 Å². The highest BCUT2D eigenvalue weighted by molar-refractivity contribution is 5.84. The average Bonchev–Trinajstić information content (AvgIpc) is 0.806. The van der Waals surface area contributed by atoms with Gasteiger partial charge in [-0.1, -0.05) is 501 Å². The molecule has 0 unspecified atom stereocenters. The molecule has 0 aromatic heterocycles. The van der Waals surface area contributed by atoms with Gasteiger partial charge >= 0.3 is 0 Å². The highest BCUT2D eigenvalue weighted by Crippen LogP contribution is 2.37. The van der Waals surface area contributed by atoms with E-state index in [1.54, 1.807) is 0 Å². The molecule has 0 radical (unpaired) electrons. The van der Waals surface area contributed by atoms with Crippen molar-refractivity contribution in [3.05, 3.63) is 320 Å². The maximum absolute atomic E-state index is 2.34. The Morgan fingerprint density at radius 2 is 0.366 bits per heavy atom. The Hall–Kier alpha value is -7.54. The van der Waals surface area contributed by atoms with Crippen molar-refractivity contribution < 1.29 is 0 Å². The summed E-state index contributed by atoms with van der Waals surface area (Å²) in [7, 11) is 0. The first-order chi connectivity index (χ1) is 50.7. The van der Waals surface area contributed by atoms with Gasteiger partial charge in [-0.2, -0.15) is 0 Å². The molecule has 0 saturated heterocycles. The molecule has 0 amide bonds. The highest BCUT2D eigenvalue weighted by atomic mass is 14.3. The van der Waals surface area contributed by atoms with E-state index >= 15 is 0 Å². The van der Waals surface area contributed by atoms with Gasteiger partial charge in [0.2, 0.25) is 0 Å². The van der Waals surface area contributed by atoms with Gasteiger partial charge in [0.25, 0.3) is 0 Å². The minimum atomic E-state index is 0.214. The zero-order valence-corrected chi connectivity index (χ0v) is 79.1. The topological polar surface area (TPSA) is 0 Å². The second-order valence-electron chi connectivity index (χ2n) is 45.3. The van der Waals surface area contributed by atoms with Gasteiger partial charge in [-0.05, 0) is 195 Å². The summed E-state index contributed by atoms with van der Waals surface area (Å²) < 4.78 is 0. The van der Waals surface area contributed by atoms with Crippen molar-refractivity contribution in [3.8, 4) is 11.1 Å². The molecular formula is C112H160. The molecule has 0 aliphatic rings. The first-order valence-electron chi connectivity index (χ1n) is 42.0. The summed E-state index contributed by atoms with van der Waals surface area (Å²) in [5, 5.41) is 2.69. The minimum Gasteiger partial charge on any atom is -0.0620 e. The smallest absolute Gasteiger partial charge is 0.00258 e. The van der Waals surface area contributed by atoms with E-state index in [0.29, 0.717) is 0 Å². The molecule has 10 aromatic rings. The average molecular weight is 1510 g/mol. The highest BCUT2D eigenvalue weighted by Gasteiger charge is 2.26. The molecule has 0 bridgehead atoms. The normalized spacial score (nSPS) is 12.7. The van der Waals surface area contributed by atoms with Gasteiger partial charge in [0.1, 0.15) is 0 Å². The Kier molecular flexibility index (Phi) is 32.7. The molecule has 0 fully saturated rings. The van der Waals surface area contributed by atoms with Gasteiger partial charge in [-0.25, -0.2) is 0 Å². The fraction of sp³-hybridized carbons (Fsp3) is 0.482. The van der Waals surface area contributed by atoms with Crippen molar-refractivity contribution in [2.75, 3.05) is 0 Å². The van der Waals surface area contributed by atoms with Crippen LogP contribution in [-0.2, 0) is 76.8 Å². The fourth-order valence-corrected chi connectivity index (χ4v) is 13.1. The van der Waals surface area contributed by atoms with Crippen LogP contribution in [0.25, 0.3) is 21.9 Å². The molecule has 10 aromatic carbocycles. The molecular weight excluding hydrogens is 1350 g/mol. The van der Waals surface area contributed by atoms with E-state index in [-0.39, 0.29) is 70.4 Å². The molecule has 0 aliphatic heterocycles. The second kappa shape index (κ2) is 37.8. The van der Waals surface area contributed by atoms with Crippen LogP contribution >= 0.6 is 0 Å². The molecule has 0 saturated carbocycles. The summed E-state index contributed by atoms with van der Waals surface area (Å²) >= 11 is 0. The van der Waals surface area contributed by atoms with Gasteiger partial charge < -0.3 is 0 Å². The summed E-state index contributed by atoms with van der Waals surface area (Å²) in [6, 6.07) is 84.9. The van der Waals surface area contributed by atoms with Crippen LogP contribution in [-0.4, -0.2) is 0 Å². The minimum absolute atomic E-state index is 0.214. The summed E-state index contributed by atoms with van der Waals surface area (Å²) in [5.41, 5.74) is 28.2. The lowest BCUT2D eigenvalue weighted by Crippen LogP contribution is -2.21. The lowest BCUT2D eigenvalue weighted by molar-refractivity contribution is 0.530. The van der Waals surface area contributed by atoms with Gasteiger partial charge in [0.05, 0.1) is 0 Å². The van der Waals surface area contributed by atoms with E-state index in [1.807, 2.05) is 0 Å². The molecule has 0 spiro atoms. The monoisotopic (exact) mass is 1510 g/mol. The fourth-order valence-electron chi connectivity index (χ4n) is 13.1. The van der Waals surface area contributed by atoms with Crippen molar-refractivity contribution in [2.24, 2.45) is 0 Å². The number of hydrogen-bond acceptors (Lipinski definition) is 0. The molecule has 112 heavy (non-hydrogen) atoms. The van der Waals surface area contributed by atoms with Crippen LogP contribution in [0.4, 0.5) is 0 Å². The van der Waals surface area contributed by atoms with Gasteiger partial charge in [-0.3, -0.25) is 0 Å². The third kappa shape index (κ3) is 31.7. The predicted octanol–water partition coefficient (Wildman–Crippen LogP) is 33.4. The zero-order valence-electron chi connectivity index (χ0n) is 79.1. The van der Waals surface area contributed by atoms with Crippen molar-refractivity contribution in [2.45, 2.75) is 354 Å². The first-order valence-corrected chi connectivity index (χ1v) is 42.0. The Bertz CT molecular complexity index is 4210. The molecule has 0 atom stereocenters. The second-order valence-corrected chi connectivity index (χ2v) is 45.3. The number of benzene rings is 10. The van der Waals surface area contributed by atoms with E-state index in [4.69, 9.17) is 0 Å². The van der Waals surface area contributed by atoms with Crippen molar-refractivity contribution >= 4 is 10.8 Å². The SMILES string of the molecule is CC(C)(C)c1ccc(-c2ccc(C(C)(C)C)cc2)cc1.CC(C)(C)c1ccc(C(C)(C)C)cc1.CC(C)(C)c1ccc(Cc2ccc(C(C)(C)C)cc2)cc1.CC(C)(C)c1ccc2ccc(C(C)(C)C)cc2c1.CC(C)(C)c1cccc(C(C)(C)C)c1.CC(C)(C)c1ccccc1C(C)(C)C.Cc1ccccc1C(C)(C)C. The molecule has 0 nitrogen and oxygen atoms in total. The van der Waals surface area contributed by atoms with E-state index in [0.717, 1.165) is 6.42 Å². The van der Waals surface area contributed by atoms with E-state index in [1.165, 1.54) is 111 Å². The van der Waals surface area contributed by atoms with Gasteiger partial charge in [-0.15, -0.1) is 0 Å². The van der Waals surface area contributed by atoms with E-state index < -0.39 is 0 Å². The van der Waals surface area contributed by atoms with Crippen LogP contribution in [0.1, 0.15) is 359 Å². The Morgan fingerprint density at radius 3 is 0.589 bits per heavy atom. The largest absolute Gasteiger partial charge is 0.0620 e. The van der Waals surface area contributed by atoms with Crippen LogP contribution in [0, 0.1) is 6.92 Å². The predicted molar refractivity (Wildman–Crippen MR) is 505 cm³/mol. The van der Waals surface area contributed by atoms with Crippen molar-refractivity contribution in [1.29, 1.82) is 0 Å². The summed E-state index contributed by atoms with van der Waals surface area (Å²) in [4.78, 5) is 0. The maximum atomic E-state index is 2.34. The standard InChI is InChI=1S/C21H28.C20H26.C18H24.3C14H22.C11H16/c1-20(2,3)18-11-7-16(8-12-18)15-17-9-13-19(14-10-17)21(4,5)6;1-19(2,3)17-11-7-15(8-12-17)16-9-13-18(14-10-16)20(4,5)6;1-17(2,3)15-9-7-13-8-10-16(18(4,5)6)12-14(13)11-15;1-13(2,3)11-7-9-12(10-8-11)14(4,5)6;1-13(2,3)11-8-7-9-12(10-11)14(4,5)6;1-13(2,3)11-9-7-8-10-12(11)14(4,5)6;1-9-7-5-6-8-10(9)11(2,3)4/h7-14H,15H2,1-6H3;7-14H,1-6H3;7-12H,1-6H3;3*7-10H,1-6H3;5-8H,1-4H3. The number of aryl methyl sites for hydroxylation is 1. The summed E-state index contributed by atoms with van der Waals surface area (Å²) in [6.07, 6.45) is 1.01. The quantitative estimate of drug-likeness (QED) is 0.165. The maximum Gasteiger partial charge on any atom is -0.00258 e. The van der Waals surface area contributed by atoms with Crippen LogP contribution < -0.4 is 0 Å². The van der Waals surface area contributed by atoms with Crippen molar-refractivity contribution in [1.82, 2.24) is 0 Å². The van der Waals surface area contributed by atoms with Crippen LogP contribution in [0.5, 0.6) is 0 Å². The van der Waals surface area contributed by atoms with Crippen molar-refractivity contribution in [3.63, 3.8) is 0 Å². The number of fused-ring (bicyclic) bond motifs is 1. The Balaban J connectivity index is 0.000000278. The van der Waals surface area contributed by atoms with Gasteiger partial charge in [0, 0.05) is 0 Å². The molecule has 0 N–H and O–H groups in total. The van der Waals surface area contributed by atoms with E-state index in [2.05, 4.69) is 507 Å². The van der Waals surface area contributed by atoms with Gasteiger partial charge in [0.15, 0.2) is 0 Å². The van der Waals surface area contributed by atoms with Crippen LogP contribution in [0.15, 0.2) is 231 Å². The molecule has 0 aliphatic carbocycles. The lowest BCUT2D eigenvalue weighted by atomic mass is 9.75. The van der Waals surface area contributed by atoms with E-state index in [9.17, 15) is 0 Å². The van der Waals surface area contributed by atoms with Crippen LogP contribution in [0.2, 0.25) is 0 Å². The molecule has 0 heterocycles. The first kappa shape index (κ1) is 96.8. The third-order valence-corrected chi connectivity index (χ3v) is 21.2. The zero-order chi connectivity index (χ0) is 85.6. The number of rotatable bonds is 3. The Morgan fingerprint density at radius 1 is 0.161 bits per heavy atom. The lowest BCUT2D eigenvalue weighted by Gasteiger charge is -2.29.